The van der Waals surface area contributed by atoms with Crippen LogP contribution in [0.4, 0.5) is 0 Å². The summed E-state index contributed by atoms with van der Waals surface area (Å²) in [6.45, 7) is 1.77. The van der Waals surface area contributed by atoms with Gasteiger partial charge in [-0.05, 0) is 31.9 Å². The number of hydrogen-bond acceptors (Lipinski definition) is 3. The molecule has 5 nitrogen and oxygen atoms in total. The van der Waals surface area contributed by atoms with Crippen molar-refractivity contribution >= 4 is 10.2 Å². The van der Waals surface area contributed by atoms with Crippen LogP contribution in [-0.2, 0) is 16.6 Å². The van der Waals surface area contributed by atoms with Crippen molar-refractivity contribution in [2.75, 3.05) is 26.7 Å². The molecular weight excluding hydrogens is 286 g/mol. The lowest BCUT2D eigenvalue weighted by Crippen LogP contribution is -2.52. The molecule has 1 fully saturated rings. The van der Waals surface area contributed by atoms with Gasteiger partial charge in [0.2, 0.25) is 0 Å². The van der Waals surface area contributed by atoms with Crippen LogP contribution in [0.2, 0.25) is 0 Å². The predicted octanol–water partition coefficient (Wildman–Crippen LogP) is 1.14. The van der Waals surface area contributed by atoms with Gasteiger partial charge in [-0.3, -0.25) is 0 Å². The Labute approximate surface area is 127 Å². The van der Waals surface area contributed by atoms with Crippen LogP contribution >= 0.6 is 0 Å². The van der Waals surface area contributed by atoms with Crippen LogP contribution in [0, 0.1) is 0 Å². The average molecular weight is 311 g/mol. The zero-order valence-corrected chi connectivity index (χ0v) is 13.4. The molecule has 21 heavy (non-hydrogen) atoms. The van der Waals surface area contributed by atoms with E-state index < -0.39 is 10.2 Å². The second kappa shape index (κ2) is 7.89. The van der Waals surface area contributed by atoms with Crippen LogP contribution < -0.4 is 10.0 Å². The van der Waals surface area contributed by atoms with Crippen molar-refractivity contribution in [3.63, 3.8) is 0 Å². The number of benzene rings is 1. The summed E-state index contributed by atoms with van der Waals surface area (Å²) >= 11 is 0. The highest BCUT2D eigenvalue weighted by molar-refractivity contribution is 7.87. The summed E-state index contributed by atoms with van der Waals surface area (Å²) in [7, 11) is -1.52. The zero-order chi connectivity index (χ0) is 15.1. The lowest BCUT2D eigenvalue weighted by molar-refractivity contribution is 0.246. The molecule has 1 heterocycles. The SMILES string of the molecule is CNCC1CCCCN1S(=O)(=O)NCCc1ccccc1. The Morgan fingerprint density at radius 3 is 2.71 bits per heavy atom. The van der Waals surface area contributed by atoms with Gasteiger partial charge in [0.1, 0.15) is 0 Å². The molecule has 118 valence electrons. The van der Waals surface area contributed by atoms with E-state index in [4.69, 9.17) is 0 Å². The largest absolute Gasteiger partial charge is 0.318 e. The highest BCUT2D eigenvalue weighted by atomic mass is 32.2. The summed E-state index contributed by atoms with van der Waals surface area (Å²) in [5.41, 5.74) is 1.14. The minimum absolute atomic E-state index is 0.0676. The topological polar surface area (TPSA) is 61.4 Å². The summed E-state index contributed by atoms with van der Waals surface area (Å²) in [5, 5.41) is 3.09. The molecular formula is C15H25N3O2S. The van der Waals surface area contributed by atoms with Crippen molar-refractivity contribution in [1.82, 2.24) is 14.3 Å². The summed E-state index contributed by atoms with van der Waals surface area (Å²) in [5.74, 6) is 0. The van der Waals surface area contributed by atoms with Gasteiger partial charge in [0.15, 0.2) is 0 Å². The Bertz CT molecular complexity index is 517. The average Bonchev–Trinajstić information content (AvgIpc) is 2.49. The van der Waals surface area contributed by atoms with Gasteiger partial charge in [0.25, 0.3) is 10.2 Å². The van der Waals surface area contributed by atoms with Crippen LogP contribution in [0.5, 0.6) is 0 Å². The van der Waals surface area contributed by atoms with Gasteiger partial charge in [0, 0.05) is 25.7 Å². The Balaban J connectivity index is 1.90. The molecule has 6 heteroatoms. The van der Waals surface area contributed by atoms with E-state index >= 15 is 0 Å². The Kier molecular flexibility index (Phi) is 6.17. The number of piperidine rings is 1. The molecule has 0 spiro atoms. The van der Waals surface area contributed by atoms with Crippen LogP contribution in [-0.4, -0.2) is 45.4 Å². The van der Waals surface area contributed by atoms with E-state index in [-0.39, 0.29) is 6.04 Å². The molecule has 0 amide bonds. The molecule has 0 bridgehead atoms. The smallest absolute Gasteiger partial charge is 0.279 e. The molecule has 0 aromatic heterocycles. The maximum absolute atomic E-state index is 12.4. The first kappa shape index (κ1) is 16.4. The van der Waals surface area contributed by atoms with Crippen molar-refractivity contribution < 1.29 is 8.42 Å². The number of likely N-dealkylation sites (N-methyl/N-ethyl adjacent to an activating group) is 1. The number of rotatable bonds is 7. The molecule has 1 aliphatic rings. The zero-order valence-electron chi connectivity index (χ0n) is 12.6. The standard InChI is InChI=1S/C15H25N3O2S/c1-16-13-15-9-5-6-12-18(15)21(19,20)17-11-10-14-7-3-2-4-8-14/h2-4,7-8,15-17H,5-6,9-13H2,1H3. The summed E-state index contributed by atoms with van der Waals surface area (Å²) in [6, 6.07) is 9.99. The highest BCUT2D eigenvalue weighted by Gasteiger charge is 2.31. The molecule has 2 rings (SSSR count). The first-order valence-corrected chi connectivity index (χ1v) is 9.02. The van der Waals surface area contributed by atoms with Gasteiger partial charge in [-0.25, -0.2) is 4.72 Å². The summed E-state index contributed by atoms with van der Waals surface area (Å²) < 4.78 is 29.3. The molecule has 0 aliphatic carbocycles. The van der Waals surface area contributed by atoms with Gasteiger partial charge in [-0.2, -0.15) is 12.7 Å². The summed E-state index contributed by atoms with van der Waals surface area (Å²) in [6.07, 6.45) is 3.69. The summed E-state index contributed by atoms with van der Waals surface area (Å²) in [4.78, 5) is 0. The molecule has 1 saturated heterocycles. The highest BCUT2D eigenvalue weighted by Crippen LogP contribution is 2.19. The van der Waals surface area contributed by atoms with Crippen molar-refractivity contribution in [1.29, 1.82) is 0 Å². The fourth-order valence-electron chi connectivity index (χ4n) is 2.78. The van der Waals surface area contributed by atoms with Crippen LogP contribution in [0.3, 0.4) is 0 Å². The third-order valence-corrected chi connectivity index (χ3v) is 5.53. The third kappa shape index (κ3) is 4.78. The van der Waals surface area contributed by atoms with E-state index in [0.29, 0.717) is 26.1 Å². The van der Waals surface area contributed by atoms with E-state index in [1.165, 1.54) is 0 Å². The molecule has 0 saturated carbocycles. The second-order valence-electron chi connectivity index (χ2n) is 5.45. The molecule has 1 aromatic rings. The monoisotopic (exact) mass is 311 g/mol. The molecule has 2 N–H and O–H groups in total. The van der Waals surface area contributed by atoms with E-state index in [9.17, 15) is 8.42 Å². The first-order valence-electron chi connectivity index (χ1n) is 7.58. The molecule has 0 radical (unpaired) electrons. The van der Waals surface area contributed by atoms with E-state index in [1.807, 2.05) is 37.4 Å². The van der Waals surface area contributed by atoms with Gasteiger partial charge in [-0.15, -0.1) is 0 Å². The van der Waals surface area contributed by atoms with Crippen LogP contribution in [0.25, 0.3) is 0 Å². The fraction of sp³-hybridized carbons (Fsp3) is 0.600. The molecule has 1 unspecified atom stereocenters. The van der Waals surface area contributed by atoms with Gasteiger partial charge < -0.3 is 5.32 Å². The number of nitrogens with one attached hydrogen (secondary N) is 2. The van der Waals surface area contributed by atoms with Gasteiger partial charge in [0.05, 0.1) is 0 Å². The lowest BCUT2D eigenvalue weighted by atomic mass is 10.1. The van der Waals surface area contributed by atoms with Gasteiger partial charge in [-0.1, -0.05) is 36.8 Å². The predicted molar refractivity (Wildman–Crippen MR) is 85.3 cm³/mol. The fourth-order valence-corrected chi connectivity index (χ4v) is 4.25. The lowest BCUT2D eigenvalue weighted by Gasteiger charge is -2.34. The molecule has 1 atom stereocenters. The minimum atomic E-state index is -3.38. The Morgan fingerprint density at radius 2 is 2.00 bits per heavy atom. The second-order valence-corrected chi connectivity index (χ2v) is 7.16. The quantitative estimate of drug-likeness (QED) is 0.794. The molecule has 1 aliphatic heterocycles. The number of hydrogen-bond donors (Lipinski definition) is 2. The van der Waals surface area contributed by atoms with Crippen molar-refractivity contribution in [3.8, 4) is 0 Å². The van der Waals surface area contributed by atoms with Crippen molar-refractivity contribution in [2.24, 2.45) is 0 Å². The van der Waals surface area contributed by atoms with E-state index in [2.05, 4.69) is 10.0 Å². The maximum Gasteiger partial charge on any atom is 0.279 e. The van der Waals surface area contributed by atoms with Gasteiger partial charge >= 0.3 is 0 Å². The maximum atomic E-state index is 12.4. The van der Waals surface area contributed by atoms with Crippen molar-refractivity contribution in [2.45, 2.75) is 31.7 Å². The Hall–Kier alpha value is -0.950. The van der Waals surface area contributed by atoms with Crippen LogP contribution in [0.15, 0.2) is 30.3 Å². The van der Waals surface area contributed by atoms with E-state index in [1.54, 1.807) is 4.31 Å². The number of nitrogens with zero attached hydrogens (tertiary/aromatic N) is 1. The van der Waals surface area contributed by atoms with Crippen LogP contribution in [0.1, 0.15) is 24.8 Å². The van der Waals surface area contributed by atoms with E-state index in [0.717, 1.165) is 24.8 Å². The van der Waals surface area contributed by atoms with Crippen molar-refractivity contribution in [3.05, 3.63) is 35.9 Å². The minimum Gasteiger partial charge on any atom is -0.318 e. The normalized spacial score (nSPS) is 20.5. The molecule has 1 aromatic carbocycles. The third-order valence-electron chi connectivity index (χ3n) is 3.86. The first-order chi connectivity index (χ1) is 10.1. The Morgan fingerprint density at radius 1 is 1.24 bits per heavy atom.